The number of amides is 2. The Hall–Kier alpha value is -3.42. The van der Waals surface area contributed by atoms with Crippen LogP contribution in [-0.2, 0) is 11.3 Å². The van der Waals surface area contributed by atoms with Gasteiger partial charge in [0.2, 0.25) is 5.91 Å². The van der Waals surface area contributed by atoms with Gasteiger partial charge in [0.1, 0.15) is 11.7 Å². The maximum atomic E-state index is 13.5. The number of rotatable bonds is 9. The van der Waals surface area contributed by atoms with Crippen molar-refractivity contribution in [2.24, 2.45) is 17.8 Å². The zero-order valence-electron chi connectivity index (χ0n) is 20.0. The molecule has 3 N–H and O–H groups in total. The molecule has 0 saturated heterocycles. The molecule has 5 rings (SSSR count). The third-order valence-corrected chi connectivity index (χ3v) is 7.10. The Balaban J connectivity index is 1.35. The van der Waals surface area contributed by atoms with Gasteiger partial charge in [-0.15, -0.1) is 0 Å². The summed E-state index contributed by atoms with van der Waals surface area (Å²) in [7, 11) is 0. The molecule has 0 aromatic carbocycles. The van der Waals surface area contributed by atoms with Gasteiger partial charge in [-0.3, -0.25) is 19.3 Å². The molecular formula is C26H32N6O2. The van der Waals surface area contributed by atoms with Crippen molar-refractivity contribution >= 4 is 17.5 Å². The van der Waals surface area contributed by atoms with Crippen molar-refractivity contribution in [3.63, 3.8) is 0 Å². The van der Waals surface area contributed by atoms with E-state index in [9.17, 15) is 9.59 Å². The van der Waals surface area contributed by atoms with Gasteiger partial charge < -0.3 is 15.6 Å². The molecule has 2 fully saturated rings. The van der Waals surface area contributed by atoms with Crippen LogP contribution in [0.25, 0.3) is 11.3 Å². The van der Waals surface area contributed by atoms with Gasteiger partial charge in [0, 0.05) is 30.2 Å². The first-order valence-corrected chi connectivity index (χ1v) is 12.2. The summed E-state index contributed by atoms with van der Waals surface area (Å²) in [5.41, 5.74) is 5.25. The monoisotopic (exact) mass is 460 g/mol. The molecule has 8 heteroatoms. The fourth-order valence-electron chi connectivity index (χ4n) is 5.11. The van der Waals surface area contributed by atoms with E-state index in [4.69, 9.17) is 0 Å². The molecule has 0 unspecified atom stereocenters. The smallest absolute Gasteiger partial charge is 0.270 e. The molecule has 3 aromatic heterocycles. The summed E-state index contributed by atoms with van der Waals surface area (Å²) in [4.78, 5) is 34.4. The number of H-pyrrole nitrogens is 1. The van der Waals surface area contributed by atoms with Gasteiger partial charge in [-0.1, -0.05) is 0 Å². The van der Waals surface area contributed by atoms with E-state index in [0.717, 1.165) is 48.2 Å². The van der Waals surface area contributed by atoms with E-state index in [1.165, 1.54) is 0 Å². The minimum Gasteiger partial charge on any atom is -0.364 e. The van der Waals surface area contributed by atoms with Crippen LogP contribution in [0, 0.1) is 31.6 Å². The fraction of sp³-hybridized carbons (Fsp3) is 0.462. The fourth-order valence-corrected chi connectivity index (χ4v) is 5.11. The van der Waals surface area contributed by atoms with Gasteiger partial charge >= 0.3 is 0 Å². The number of aryl methyl sites for hydroxylation is 3. The molecule has 1 atom stereocenters. The summed E-state index contributed by atoms with van der Waals surface area (Å²) in [6, 6.07) is 4.91. The molecule has 3 heterocycles. The minimum absolute atomic E-state index is 0.166. The Kier molecular flexibility index (Phi) is 5.98. The van der Waals surface area contributed by atoms with Crippen LogP contribution in [0.4, 0.5) is 5.69 Å². The van der Waals surface area contributed by atoms with Gasteiger partial charge in [0.05, 0.1) is 17.6 Å². The molecule has 8 nitrogen and oxygen atoms in total. The van der Waals surface area contributed by atoms with E-state index in [1.54, 1.807) is 23.1 Å². The first kappa shape index (κ1) is 22.4. The second-order valence-corrected chi connectivity index (χ2v) is 9.63. The van der Waals surface area contributed by atoms with Crippen LogP contribution in [0.1, 0.15) is 54.4 Å². The summed E-state index contributed by atoms with van der Waals surface area (Å²) in [5.74, 6) is 0.736. The number of nitrogens with zero attached hydrogens (tertiary/aromatic N) is 3. The maximum absolute atomic E-state index is 13.5. The number of hydrogen-bond donors (Lipinski definition) is 3. The molecule has 3 aromatic rings. The number of nitrogens with one attached hydrogen (secondary N) is 3. The Bertz CT molecular complexity index is 1150. The molecule has 2 saturated carbocycles. The maximum Gasteiger partial charge on any atom is 0.270 e. The summed E-state index contributed by atoms with van der Waals surface area (Å²) in [6.45, 7) is 6.61. The second-order valence-electron chi connectivity index (χ2n) is 9.63. The highest BCUT2D eigenvalue weighted by Gasteiger charge is 2.48. The first-order chi connectivity index (χ1) is 16.5. The zero-order valence-corrected chi connectivity index (χ0v) is 20.0. The van der Waals surface area contributed by atoms with E-state index >= 15 is 0 Å². The van der Waals surface area contributed by atoms with Gasteiger partial charge in [-0.05, 0) is 88.0 Å². The van der Waals surface area contributed by atoms with Crippen LogP contribution in [0.15, 0.2) is 36.8 Å². The van der Waals surface area contributed by atoms with Crippen molar-refractivity contribution in [3.8, 4) is 11.3 Å². The standard InChI is InChI=1S/C26H32N6O2/c1-4-32-21(11-12-29-32)25(33)31-24(23(17-5-6-17)18-7-8-18)26(34)30-19-9-10-20(28-14-19)22-15(2)13-27-16(22)3/h9-14,17-18,23-24,27H,4-8H2,1-3H3,(H,30,34)(H,31,33)/t24-/m0/s1. The molecule has 0 spiro atoms. The molecule has 178 valence electrons. The normalized spacial score (nSPS) is 16.5. The molecule has 0 radical (unpaired) electrons. The topological polar surface area (TPSA) is 105 Å². The number of carbonyl (C=O) groups excluding carboxylic acids is 2. The Morgan fingerprint density at radius 1 is 1.15 bits per heavy atom. The first-order valence-electron chi connectivity index (χ1n) is 12.2. The van der Waals surface area contributed by atoms with E-state index in [0.29, 0.717) is 29.8 Å². The van der Waals surface area contributed by atoms with Crippen LogP contribution in [0.5, 0.6) is 0 Å². The van der Waals surface area contributed by atoms with Crippen LogP contribution in [0.2, 0.25) is 0 Å². The van der Waals surface area contributed by atoms with Gasteiger partial charge in [0.15, 0.2) is 0 Å². The highest BCUT2D eigenvalue weighted by atomic mass is 16.2. The van der Waals surface area contributed by atoms with Crippen molar-refractivity contribution in [1.82, 2.24) is 25.1 Å². The van der Waals surface area contributed by atoms with Crippen LogP contribution in [0.3, 0.4) is 0 Å². The SMILES string of the molecule is CCn1nccc1C(=O)N[C@H](C(=O)Nc1ccc(-c2c(C)c[nH]c2C)nc1)C(C1CC1)C1CC1. The lowest BCUT2D eigenvalue weighted by molar-refractivity contribution is -0.119. The Morgan fingerprint density at radius 2 is 1.88 bits per heavy atom. The average molecular weight is 461 g/mol. The lowest BCUT2D eigenvalue weighted by Crippen LogP contribution is -2.50. The second kappa shape index (κ2) is 9.08. The molecular weight excluding hydrogens is 428 g/mol. The minimum atomic E-state index is -0.582. The molecule has 2 amide bonds. The van der Waals surface area contributed by atoms with Crippen molar-refractivity contribution < 1.29 is 9.59 Å². The summed E-state index contributed by atoms with van der Waals surface area (Å²) in [6.07, 6.45) is 9.77. The molecule has 0 bridgehead atoms. The highest BCUT2D eigenvalue weighted by Crippen LogP contribution is 2.51. The lowest BCUT2D eigenvalue weighted by atomic mass is 9.88. The number of hydrogen-bond acceptors (Lipinski definition) is 4. The van der Waals surface area contributed by atoms with E-state index in [-0.39, 0.29) is 17.7 Å². The summed E-state index contributed by atoms with van der Waals surface area (Å²) >= 11 is 0. The summed E-state index contributed by atoms with van der Waals surface area (Å²) in [5, 5.41) is 10.3. The number of carbonyl (C=O) groups is 2. The predicted molar refractivity (Wildman–Crippen MR) is 130 cm³/mol. The molecule has 2 aliphatic rings. The van der Waals surface area contributed by atoms with Gasteiger partial charge in [-0.25, -0.2) is 0 Å². The van der Waals surface area contributed by atoms with Gasteiger partial charge in [0.25, 0.3) is 5.91 Å². The summed E-state index contributed by atoms with van der Waals surface area (Å²) < 4.78 is 1.65. The third-order valence-electron chi connectivity index (χ3n) is 7.10. The van der Waals surface area contributed by atoms with E-state index in [2.05, 4.69) is 25.7 Å². The van der Waals surface area contributed by atoms with Crippen LogP contribution < -0.4 is 10.6 Å². The Labute approximate surface area is 199 Å². The number of anilines is 1. The van der Waals surface area contributed by atoms with Crippen LogP contribution >= 0.6 is 0 Å². The zero-order chi connectivity index (χ0) is 23.8. The third kappa shape index (κ3) is 4.49. The van der Waals surface area contributed by atoms with Crippen molar-refractivity contribution in [3.05, 3.63) is 53.7 Å². The van der Waals surface area contributed by atoms with Gasteiger partial charge in [-0.2, -0.15) is 5.10 Å². The van der Waals surface area contributed by atoms with E-state index < -0.39 is 6.04 Å². The number of aromatic amines is 1. The number of pyridine rings is 1. The van der Waals surface area contributed by atoms with Crippen molar-refractivity contribution in [1.29, 1.82) is 0 Å². The van der Waals surface area contributed by atoms with Crippen LogP contribution in [-0.4, -0.2) is 37.6 Å². The average Bonchev–Trinajstić information content (AvgIpc) is 3.76. The van der Waals surface area contributed by atoms with E-state index in [1.807, 2.05) is 39.1 Å². The van der Waals surface area contributed by atoms with Crippen molar-refractivity contribution in [2.75, 3.05) is 5.32 Å². The quantitative estimate of drug-likeness (QED) is 0.447. The number of aromatic nitrogens is 4. The largest absolute Gasteiger partial charge is 0.364 e. The van der Waals surface area contributed by atoms with Crippen molar-refractivity contribution in [2.45, 2.75) is 59.0 Å². The molecule has 2 aliphatic carbocycles. The Morgan fingerprint density at radius 3 is 2.44 bits per heavy atom. The lowest BCUT2D eigenvalue weighted by Gasteiger charge is -2.27. The predicted octanol–water partition coefficient (Wildman–Crippen LogP) is 4.08. The molecule has 0 aliphatic heterocycles. The molecule has 34 heavy (non-hydrogen) atoms. The highest BCUT2D eigenvalue weighted by molar-refractivity contribution is 6.00.